The highest BCUT2D eigenvalue weighted by Crippen LogP contribution is 2.31. The van der Waals surface area contributed by atoms with Gasteiger partial charge in [-0.15, -0.1) is 0 Å². The first kappa shape index (κ1) is 16.6. The average molecular weight is 320 g/mol. The number of hydrogen-bond acceptors (Lipinski definition) is 5. The molecule has 1 aliphatic heterocycles. The van der Waals surface area contributed by atoms with Crippen molar-refractivity contribution >= 4 is 0 Å². The van der Waals surface area contributed by atoms with Crippen molar-refractivity contribution in [3.8, 4) is 11.5 Å². The van der Waals surface area contributed by atoms with E-state index in [1.54, 1.807) is 14.2 Å². The van der Waals surface area contributed by atoms with Gasteiger partial charge in [-0.05, 0) is 36.5 Å². The molecule has 0 aromatic heterocycles. The maximum Gasteiger partial charge on any atom is 0.161 e. The van der Waals surface area contributed by atoms with Crippen LogP contribution in [0.1, 0.15) is 24.8 Å². The molecule has 0 bridgehead atoms. The smallest absolute Gasteiger partial charge is 0.161 e. The fourth-order valence-corrected chi connectivity index (χ4v) is 3.82. The van der Waals surface area contributed by atoms with Crippen molar-refractivity contribution in [2.75, 3.05) is 34.0 Å². The van der Waals surface area contributed by atoms with Crippen LogP contribution in [0, 0.1) is 5.92 Å². The highest BCUT2D eigenvalue weighted by atomic mass is 16.5. The minimum atomic E-state index is 0.495. The second-order valence-corrected chi connectivity index (χ2v) is 6.41. The first-order valence-electron chi connectivity index (χ1n) is 8.57. The molecule has 0 amide bonds. The number of ether oxygens (including phenoxy) is 3. The molecule has 1 aliphatic carbocycles. The van der Waals surface area contributed by atoms with Crippen molar-refractivity contribution in [3.05, 3.63) is 23.8 Å². The summed E-state index contributed by atoms with van der Waals surface area (Å²) in [4.78, 5) is 0. The Morgan fingerprint density at radius 1 is 1.22 bits per heavy atom. The summed E-state index contributed by atoms with van der Waals surface area (Å²) in [6.45, 7) is 3.52. The third-order valence-corrected chi connectivity index (χ3v) is 5.05. The van der Waals surface area contributed by atoms with Crippen LogP contribution in [0.4, 0.5) is 0 Å². The van der Waals surface area contributed by atoms with Crippen molar-refractivity contribution in [1.29, 1.82) is 0 Å². The summed E-state index contributed by atoms with van der Waals surface area (Å²) < 4.78 is 16.3. The van der Waals surface area contributed by atoms with Crippen LogP contribution < -0.4 is 20.1 Å². The molecule has 0 spiro atoms. The van der Waals surface area contributed by atoms with Gasteiger partial charge in [0.25, 0.3) is 0 Å². The Kier molecular flexibility index (Phi) is 5.75. The molecule has 23 heavy (non-hydrogen) atoms. The van der Waals surface area contributed by atoms with E-state index in [2.05, 4.69) is 22.8 Å². The second kappa shape index (κ2) is 7.99. The van der Waals surface area contributed by atoms with Gasteiger partial charge in [0, 0.05) is 25.2 Å². The van der Waals surface area contributed by atoms with Crippen molar-refractivity contribution in [2.45, 2.75) is 37.9 Å². The Balaban J connectivity index is 1.58. The first-order valence-corrected chi connectivity index (χ1v) is 8.57. The van der Waals surface area contributed by atoms with E-state index >= 15 is 0 Å². The van der Waals surface area contributed by atoms with Crippen molar-refractivity contribution in [3.63, 3.8) is 0 Å². The Hall–Kier alpha value is -1.30. The molecule has 5 heteroatoms. The molecule has 1 saturated carbocycles. The topological polar surface area (TPSA) is 51.8 Å². The number of hydrogen-bond donors (Lipinski definition) is 2. The lowest BCUT2D eigenvalue weighted by molar-refractivity contribution is 0.0524. The molecule has 1 aromatic rings. The molecular formula is C18H28N2O3. The fourth-order valence-electron chi connectivity index (χ4n) is 3.82. The van der Waals surface area contributed by atoms with E-state index in [1.807, 2.05) is 6.07 Å². The predicted molar refractivity (Wildman–Crippen MR) is 90.1 cm³/mol. The molecule has 2 aliphatic rings. The van der Waals surface area contributed by atoms with Crippen LogP contribution >= 0.6 is 0 Å². The largest absolute Gasteiger partial charge is 0.493 e. The van der Waals surface area contributed by atoms with Gasteiger partial charge in [0.05, 0.1) is 27.4 Å². The lowest BCUT2D eigenvalue weighted by Gasteiger charge is -2.33. The van der Waals surface area contributed by atoms with Gasteiger partial charge < -0.3 is 24.8 Å². The summed E-state index contributed by atoms with van der Waals surface area (Å²) in [5, 5.41) is 7.36. The number of methoxy groups -OCH3 is 2. The summed E-state index contributed by atoms with van der Waals surface area (Å²) in [5.74, 6) is 2.23. The number of benzene rings is 1. The van der Waals surface area contributed by atoms with Gasteiger partial charge in [-0.3, -0.25) is 0 Å². The highest BCUT2D eigenvalue weighted by Gasteiger charge is 2.34. The third-order valence-electron chi connectivity index (χ3n) is 5.05. The summed E-state index contributed by atoms with van der Waals surface area (Å²) in [6.07, 6.45) is 3.83. The van der Waals surface area contributed by atoms with Gasteiger partial charge in [-0.25, -0.2) is 0 Å². The Labute approximate surface area is 138 Å². The van der Waals surface area contributed by atoms with E-state index in [0.717, 1.165) is 37.8 Å². The van der Waals surface area contributed by atoms with Crippen LogP contribution in [-0.4, -0.2) is 46.1 Å². The van der Waals surface area contributed by atoms with Gasteiger partial charge in [-0.2, -0.15) is 0 Å². The zero-order valence-electron chi connectivity index (χ0n) is 14.1. The van der Waals surface area contributed by atoms with E-state index in [-0.39, 0.29) is 0 Å². The minimum absolute atomic E-state index is 0.495. The monoisotopic (exact) mass is 320 g/mol. The predicted octanol–water partition coefficient (Wildman–Crippen LogP) is 1.95. The molecule has 5 nitrogen and oxygen atoms in total. The SMILES string of the molecule is COc1ccc(CNC2CCCC2C2COCCN2)cc1OC. The number of rotatable bonds is 6. The quantitative estimate of drug-likeness (QED) is 0.839. The average Bonchev–Trinajstić information content (AvgIpc) is 3.09. The van der Waals surface area contributed by atoms with Crippen LogP contribution in [0.2, 0.25) is 0 Å². The molecule has 128 valence electrons. The lowest BCUT2D eigenvalue weighted by Crippen LogP contribution is -2.50. The molecule has 0 radical (unpaired) electrons. The van der Waals surface area contributed by atoms with Crippen molar-refractivity contribution in [2.24, 2.45) is 5.92 Å². The molecule has 3 atom stereocenters. The molecular weight excluding hydrogens is 292 g/mol. The van der Waals surface area contributed by atoms with E-state index < -0.39 is 0 Å². The van der Waals surface area contributed by atoms with Crippen molar-refractivity contribution < 1.29 is 14.2 Å². The lowest BCUT2D eigenvalue weighted by atomic mass is 9.94. The molecule has 1 aromatic carbocycles. The first-order chi connectivity index (χ1) is 11.3. The fraction of sp³-hybridized carbons (Fsp3) is 0.667. The molecule has 2 N–H and O–H groups in total. The maximum absolute atomic E-state index is 5.64. The molecule has 2 fully saturated rings. The number of morpholine rings is 1. The highest BCUT2D eigenvalue weighted by molar-refractivity contribution is 5.42. The van der Waals surface area contributed by atoms with Gasteiger partial charge in [0.1, 0.15) is 0 Å². The zero-order chi connectivity index (χ0) is 16.1. The Morgan fingerprint density at radius 3 is 2.83 bits per heavy atom. The molecule has 3 unspecified atom stereocenters. The van der Waals surface area contributed by atoms with Gasteiger partial charge >= 0.3 is 0 Å². The Bertz CT molecular complexity index is 503. The van der Waals surface area contributed by atoms with E-state index in [9.17, 15) is 0 Å². The standard InChI is InChI=1S/C18H28N2O3/c1-21-17-7-6-13(10-18(17)22-2)11-20-15-5-3-4-14(15)16-12-23-9-8-19-16/h6-7,10,14-16,19-20H,3-5,8-9,11-12H2,1-2H3. The molecule has 3 rings (SSSR count). The van der Waals surface area contributed by atoms with Gasteiger partial charge in [0.2, 0.25) is 0 Å². The third kappa shape index (κ3) is 3.97. The van der Waals surface area contributed by atoms with Gasteiger partial charge in [0.15, 0.2) is 11.5 Å². The normalized spacial score (nSPS) is 27.8. The molecule has 1 heterocycles. The van der Waals surface area contributed by atoms with E-state index in [1.165, 1.54) is 24.8 Å². The van der Waals surface area contributed by atoms with Crippen LogP contribution in [0.25, 0.3) is 0 Å². The maximum atomic E-state index is 5.64. The van der Waals surface area contributed by atoms with E-state index in [4.69, 9.17) is 14.2 Å². The zero-order valence-corrected chi connectivity index (χ0v) is 14.1. The Morgan fingerprint density at radius 2 is 2.09 bits per heavy atom. The van der Waals surface area contributed by atoms with Crippen molar-refractivity contribution in [1.82, 2.24) is 10.6 Å². The van der Waals surface area contributed by atoms with Gasteiger partial charge in [-0.1, -0.05) is 12.5 Å². The van der Waals surface area contributed by atoms with Crippen LogP contribution in [0.3, 0.4) is 0 Å². The van der Waals surface area contributed by atoms with Crippen LogP contribution in [-0.2, 0) is 11.3 Å². The summed E-state index contributed by atoms with van der Waals surface area (Å²) in [5.41, 5.74) is 1.22. The molecule has 1 saturated heterocycles. The van der Waals surface area contributed by atoms with E-state index in [0.29, 0.717) is 18.0 Å². The summed E-state index contributed by atoms with van der Waals surface area (Å²) in [7, 11) is 3.34. The van der Waals surface area contributed by atoms with Crippen LogP contribution in [0.15, 0.2) is 18.2 Å². The number of nitrogens with one attached hydrogen (secondary N) is 2. The summed E-state index contributed by atoms with van der Waals surface area (Å²) >= 11 is 0. The minimum Gasteiger partial charge on any atom is -0.493 e. The second-order valence-electron chi connectivity index (χ2n) is 6.41. The van der Waals surface area contributed by atoms with Crippen LogP contribution in [0.5, 0.6) is 11.5 Å². The summed E-state index contributed by atoms with van der Waals surface area (Å²) in [6, 6.07) is 7.17.